The molecule has 4 rings (SSSR count). The Morgan fingerprint density at radius 1 is 1.13 bits per heavy atom. The lowest BCUT2D eigenvalue weighted by Crippen LogP contribution is -2.32. The first-order valence-corrected chi connectivity index (χ1v) is 8.64. The van der Waals surface area contributed by atoms with Gasteiger partial charge >= 0.3 is 6.36 Å². The Labute approximate surface area is 175 Å². The number of nitrogens with zero attached hydrogens (tertiary/aromatic N) is 3. The third-order valence-electron chi connectivity index (χ3n) is 4.06. The van der Waals surface area contributed by atoms with Crippen LogP contribution in [0.3, 0.4) is 0 Å². The maximum absolute atomic E-state index is 13.4. The lowest BCUT2D eigenvalue weighted by atomic mass is 10.0. The van der Waals surface area contributed by atoms with E-state index in [0.717, 1.165) is 12.1 Å². The highest BCUT2D eigenvalue weighted by Crippen LogP contribution is 2.31. The first-order chi connectivity index (χ1) is 15.9. The van der Waals surface area contributed by atoms with E-state index in [0.29, 0.717) is 16.0 Å². The summed E-state index contributed by atoms with van der Waals surface area (Å²) in [5.41, 5.74) is 0.723. The highest BCUT2D eigenvalue weighted by Gasteiger charge is 2.31. The Bertz CT molecular complexity index is 1210. The molecule has 1 aliphatic rings. The molecule has 1 aliphatic heterocycles. The fourth-order valence-electron chi connectivity index (χ4n) is 2.77. The molecular formula is C21H16F3N3O3. The molecule has 2 heterocycles. The van der Waals surface area contributed by atoms with Crippen molar-refractivity contribution in [3.63, 3.8) is 0 Å². The molecule has 0 saturated heterocycles. The molecular weight excluding hydrogens is 399 g/mol. The minimum atomic E-state index is -4.83. The van der Waals surface area contributed by atoms with E-state index < -0.39 is 43.4 Å². The van der Waals surface area contributed by atoms with Crippen molar-refractivity contribution in [2.75, 3.05) is 13.1 Å². The van der Waals surface area contributed by atoms with E-state index in [9.17, 15) is 18.0 Å². The van der Waals surface area contributed by atoms with Gasteiger partial charge in [0.15, 0.2) is 0 Å². The molecule has 0 fully saturated rings. The number of halogens is 3. The third kappa shape index (κ3) is 4.51. The second kappa shape index (κ2) is 8.02. The molecule has 0 bridgehead atoms. The molecule has 154 valence electrons. The van der Waals surface area contributed by atoms with Crippen LogP contribution < -0.4 is 9.47 Å². The summed E-state index contributed by atoms with van der Waals surface area (Å²) in [7, 11) is 0. The summed E-state index contributed by atoms with van der Waals surface area (Å²) >= 11 is 0. The first-order valence-electron chi connectivity index (χ1n) is 10.6. The fraction of sp³-hybridized carbons (Fsp3) is 0.190. The number of benzene rings is 2. The van der Waals surface area contributed by atoms with Gasteiger partial charge in [0.2, 0.25) is 0 Å². The maximum Gasteiger partial charge on any atom is 0.573 e. The summed E-state index contributed by atoms with van der Waals surface area (Å²) in [6, 6.07) is 10.7. The standard InChI is InChI=1S/C21H16F3N3O3/c22-21(23,24)30-16-5-2-14(3-6-16)15-4-7-18-17(12-15)20(28)27(10-11-29-18)13-19-25-8-1-9-26-19/h1-9,12H,10-11,13H2/i10D2,13D2. The van der Waals surface area contributed by atoms with Crippen LogP contribution in [0, 0.1) is 0 Å². The number of alkyl halides is 3. The van der Waals surface area contributed by atoms with Gasteiger partial charge in [0.1, 0.15) is 23.9 Å². The summed E-state index contributed by atoms with van der Waals surface area (Å²) in [5.74, 6) is -1.80. The second-order valence-corrected chi connectivity index (χ2v) is 6.05. The predicted octanol–water partition coefficient (Wildman–Crippen LogP) is 4.08. The molecule has 0 aliphatic carbocycles. The largest absolute Gasteiger partial charge is 0.573 e. The zero-order valence-electron chi connectivity index (χ0n) is 19.2. The lowest BCUT2D eigenvalue weighted by molar-refractivity contribution is -0.274. The van der Waals surface area contributed by atoms with Crippen molar-refractivity contribution in [2.24, 2.45) is 0 Å². The molecule has 6 nitrogen and oxygen atoms in total. The fourth-order valence-corrected chi connectivity index (χ4v) is 2.77. The van der Waals surface area contributed by atoms with Crippen LogP contribution in [0.2, 0.25) is 0 Å². The number of carbonyl (C=O) groups excluding carboxylic acids is 1. The number of aromatic nitrogens is 2. The summed E-state index contributed by atoms with van der Waals surface area (Å²) in [4.78, 5) is 21.5. The normalized spacial score (nSPS) is 18.1. The monoisotopic (exact) mass is 419 g/mol. The van der Waals surface area contributed by atoms with E-state index in [1.807, 2.05) is 0 Å². The Hall–Kier alpha value is -3.62. The second-order valence-electron chi connectivity index (χ2n) is 6.05. The van der Waals surface area contributed by atoms with Crippen molar-refractivity contribution >= 4 is 5.91 Å². The predicted molar refractivity (Wildman–Crippen MR) is 101 cm³/mol. The molecule has 1 aromatic heterocycles. The number of hydrogen-bond donors (Lipinski definition) is 0. The maximum atomic E-state index is 13.4. The summed E-state index contributed by atoms with van der Waals surface area (Å²) in [5, 5.41) is 0. The number of fused-ring (bicyclic) bond motifs is 1. The van der Waals surface area contributed by atoms with E-state index in [1.165, 1.54) is 42.7 Å². The van der Waals surface area contributed by atoms with Gasteiger partial charge in [-0.1, -0.05) is 18.2 Å². The lowest BCUT2D eigenvalue weighted by Gasteiger charge is -2.19. The average Bonchev–Trinajstić information content (AvgIpc) is 2.87. The van der Waals surface area contributed by atoms with Gasteiger partial charge in [0.05, 0.1) is 24.0 Å². The minimum absolute atomic E-state index is 0.0296. The highest BCUT2D eigenvalue weighted by molar-refractivity contribution is 5.98. The van der Waals surface area contributed by atoms with E-state index in [4.69, 9.17) is 10.2 Å². The summed E-state index contributed by atoms with van der Waals surface area (Å²) in [6.07, 6.45) is -2.29. The van der Waals surface area contributed by atoms with Gasteiger partial charge < -0.3 is 14.4 Å². The number of amides is 1. The van der Waals surface area contributed by atoms with Crippen LogP contribution in [0.5, 0.6) is 11.5 Å². The Morgan fingerprint density at radius 2 is 1.83 bits per heavy atom. The van der Waals surface area contributed by atoms with Crippen molar-refractivity contribution in [1.29, 1.82) is 0 Å². The van der Waals surface area contributed by atoms with Gasteiger partial charge in [0, 0.05) is 12.4 Å². The molecule has 0 atom stereocenters. The number of rotatable bonds is 4. The average molecular weight is 419 g/mol. The Kier molecular flexibility index (Phi) is 4.08. The first kappa shape index (κ1) is 15.3. The number of carbonyl (C=O) groups is 1. The van der Waals surface area contributed by atoms with Crippen LogP contribution >= 0.6 is 0 Å². The molecule has 1 amide bonds. The van der Waals surface area contributed by atoms with Gasteiger partial charge in [-0.15, -0.1) is 13.2 Å². The minimum Gasteiger partial charge on any atom is -0.491 e. The molecule has 0 N–H and O–H groups in total. The van der Waals surface area contributed by atoms with Gasteiger partial charge in [-0.2, -0.15) is 0 Å². The molecule has 3 aromatic rings. The Morgan fingerprint density at radius 3 is 2.53 bits per heavy atom. The van der Waals surface area contributed by atoms with Crippen molar-refractivity contribution in [2.45, 2.75) is 12.9 Å². The number of ether oxygens (including phenoxy) is 2. The molecule has 0 spiro atoms. The van der Waals surface area contributed by atoms with E-state index >= 15 is 0 Å². The van der Waals surface area contributed by atoms with Crippen LogP contribution in [0.15, 0.2) is 60.9 Å². The summed E-state index contributed by atoms with van der Waals surface area (Å²) in [6.45, 7) is -5.93. The smallest absolute Gasteiger partial charge is 0.491 e. The van der Waals surface area contributed by atoms with Crippen molar-refractivity contribution in [3.8, 4) is 22.6 Å². The third-order valence-corrected chi connectivity index (χ3v) is 4.06. The van der Waals surface area contributed by atoms with E-state index in [2.05, 4.69) is 14.7 Å². The summed E-state index contributed by atoms with van der Waals surface area (Å²) < 4.78 is 80.0. The van der Waals surface area contributed by atoms with Crippen molar-refractivity contribution in [1.82, 2.24) is 14.9 Å². The van der Waals surface area contributed by atoms with Crippen LogP contribution in [-0.4, -0.2) is 40.2 Å². The van der Waals surface area contributed by atoms with Crippen LogP contribution in [0.1, 0.15) is 21.7 Å². The van der Waals surface area contributed by atoms with Crippen molar-refractivity contribution < 1.29 is 32.9 Å². The van der Waals surface area contributed by atoms with Gasteiger partial charge in [-0.3, -0.25) is 4.79 Å². The quantitative estimate of drug-likeness (QED) is 0.638. The molecule has 9 heteroatoms. The SMILES string of the molecule is [2H]C1([2H])COc2ccc(-c3ccc(OC(F)(F)F)cc3)cc2C(=O)N1C([2H])([2H])c1ncccn1. The van der Waals surface area contributed by atoms with Gasteiger partial charge in [-0.05, 0) is 41.5 Å². The molecule has 30 heavy (non-hydrogen) atoms. The van der Waals surface area contributed by atoms with Gasteiger partial charge in [-0.25, -0.2) is 9.97 Å². The molecule has 0 saturated carbocycles. The zero-order chi connectivity index (χ0) is 24.7. The van der Waals surface area contributed by atoms with E-state index in [1.54, 1.807) is 6.07 Å². The molecule has 0 unspecified atom stereocenters. The number of hydrogen-bond acceptors (Lipinski definition) is 5. The highest BCUT2D eigenvalue weighted by atomic mass is 19.4. The Balaban J connectivity index is 1.73. The van der Waals surface area contributed by atoms with Gasteiger partial charge in [0.25, 0.3) is 5.91 Å². The van der Waals surface area contributed by atoms with E-state index in [-0.39, 0.29) is 11.3 Å². The zero-order valence-corrected chi connectivity index (χ0v) is 15.2. The van der Waals surface area contributed by atoms with Crippen LogP contribution in [0.25, 0.3) is 11.1 Å². The van der Waals surface area contributed by atoms with Crippen LogP contribution in [0.4, 0.5) is 13.2 Å². The van der Waals surface area contributed by atoms with Crippen molar-refractivity contribution in [3.05, 3.63) is 72.3 Å². The molecule has 0 radical (unpaired) electrons. The topological polar surface area (TPSA) is 64.6 Å². The van der Waals surface area contributed by atoms with Crippen LogP contribution in [-0.2, 0) is 6.50 Å². The molecule has 2 aromatic carbocycles.